The van der Waals surface area contributed by atoms with E-state index in [0.717, 1.165) is 13.8 Å². The first kappa shape index (κ1) is 11.1. The minimum atomic E-state index is 1.13. The van der Waals surface area contributed by atoms with Crippen LogP contribution in [-0.4, -0.2) is 0 Å². The van der Waals surface area contributed by atoms with Gasteiger partial charge in [0.1, 0.15) is 0 Å². The van der Waals surface area contributed by atoms with Gasteiger partial charge in [-0.3, -0.25) is 0 Å². The average Bonchev–Trinajstić information content (AvgIpc) is 2.58. The summed E-state index contributed by atoms with van der Waals surface area (Å²) in [6, 6.07) is 10.4. The Kier molecular flexibility index (Phi) is 3.44. The van der Waals surface area contributed by atoms with Crippen LogP contribution in [-0.2, 0) is 0 Å². The first-order chi connectivity index (χ1) is 7.20. The van der Waals surface area contributed by atoms with E-state index in [4.69, 9.17) is 0 Å². The van der Waals surface area contributed by atoms with E-state index in [2.05, 4.69) is 68.8 Å². The highest BCUT2D eigenvalue weighted by Gasteiger charge is 2.07. The van der Waals surface area contributed by atoms with Gasteiger partial charge in [-0.1, -0.05) is 36.9 Å². The van der Waals surface area contributed by atoms with Gasteiger partial charge in [0.25, 0.3) is 0 Å². The Bertz CT molecular complexity index is 483. The predicted molar refractivity (Wildman–Crippen MR) is 75.2 cm³/mol. The molecule has 1 aromatic heterocycles. The highest BCUT2D eigenvalue weighted by atomic mass is 79.9. The van der Waals surface area contributed by atoms with Crippen LogP contribution in [0.4, 0.5) is 0 Å². The minimum absolute atomic E-state index is 1.13. The van der Waals surface area contributed by atoms with Crippen molar-refractivity contribution >= 4 is 49.3 Å². The molecule has 0 radical (unpaired) electrons. The molecule has 0 fully saturated rings. The Morgan fingerprint density at radius 3 is 2.27 bits per heavy atom. The Balaban J connectivity index is 2.45. The Morgan fingerprint density at radius 1 is 1.13 bits per heavy atom. The molecule has 1 aromatic carbocycles. The number of rotatable bonds is 2. The Morgan fingerprint density at radius 2 is 1.80 bits per heavy atom. The highest BCUT2D eigenvalue weighted by Crippen LogP contribution is 2.38. The predicted octanol–water partition coefficient (Wildman–Crippen LogP) is 5.58. The molecule has 0 atom stereocenters. The lowest BCUT2D eigenvalue weighted by atomic mass is 10.1. The smallest absolute Gasteiger partial charge is 0.0716 e. The molecule has 0 unspecified atom stereocenters. The molecule has 0 aliphatic carbocycles. The van der Waals surface area contributed by atoms with Crippen molar-refractivity contribution in [3.8, 4) is 10.4 Å². The topological polar surface area (TPSA) is 0 Å². The Labute approximate surface area is 110 Å². The van der Waals surface area contributed by atoms with Gasteiger partial charge in [-0.2, -0.15) is 0 Å². The molecule has 0 amide bonds. The largest absolute Gasteiger partial charge is 0.127 e. The molecule has 0 bridgehead atoms. The highest BCUT2D eigenvalue weighted by molar-refractivity contribution is 9.11. The summed E-state index contributed by atoms with van der Waals surface area (Å²) in [4.78, 5) is 1.25. The van der Waals surface area contributed by atoms with Crippen molar-refractivity contribution in [2.75, 3.05) is 0 Å². The summed E-state index contributed by atoms with van der Waals surface area (Å²) in [5, 5.41) is 0. The molecule has 15 heavy (non-hydrogen) atoms. The minimum Gasteiger partial charge on any atom is -0.127 e. The third kappa shape index (κ3) is 2.41. The second-order valence-electron chi connectivity index (χ2n) is 3.05. The number of hydrogen-bond acceptors (Lipinski definition) is 1. The molecule has 3 heteroatoms. The van der Waals surface area contributed by atoms with Gasteiger partial charge in [-0.25, -0.2) is 0 Å². The van der Waals surface area contributed by atoms with Gasteiger partial charge in [0.15, 0.2) is 0 Å². The lowest BCUT2D eigenvalue weighted by Gasteiger charge is -1.99. The summed E-state index contributed by atoms with van der Waals surface area (Å²) in [6.07, 6.45) is 1.85. The van der Waals surface area contributed by atoms with Crippen molar-refractivity contribution in [3.63, 3.8) is 0 Å². The first-order valence-corrected chi connectivity index (χ1v) is 6.78. The Hall–Kier alpha value is -0.380. The number of benzene rings is 1. The quantitative estimate of drug-likeness (QED) is 0.667. The van der Waals surface area contributed by atoms with Crippen LogP contribution in [0.15, 0.2) is 45.2 Å². The van der Waals surface area contributed by atoms with E-state index in [1.54, 1.807) is 11.3 Å². The maximum atomic E-state index is 3.74. The van der Waals surface area contributed by atoms with Gasteiger partial charge in [0.05, 0.1) is 3.79 Å². The maximum absolute atomic E-state index is 3.74. The molecular weight excluding hydrogens is 336 g/mol. The zero-order valence-electron chi connectivity index (χ0n) is 7.84. The van der Waals surface area contributed by atoms with Crippen LogP contribution < -0.4 is 0 Å². The average molecular weight is 344 g/mol. The summed E-state index contributed by atoms with van der Waals surface area (Å²) < 4.78 is 2.27. The second kappa shape index (κ2) is 4.64. The van der Waals surface area contributed by atoms with E-state index in [9.17, 15) is 0 Å². The van der Waals surface area contributed by atoms with E-state index >= 15 is 0 Å². The fraction of sp³-hybridized carbons (Fsp3) is 0. The number of halogens is 2. The van der Waals surface area contributed by atoms with Crippen molar-refractivity contribution in [2.45, 2.75) is 0 Å². The van der Waals surface area contributed by atoms with Crippen LogP contribution in [0.5, 0.6) is 0 Å². The fourth-order valence-electron chi connectivity index (χ4n) is 1.31. The first-order valence-electron chi connectivity index (χ1n) is 4.38. The van der Waals surface area contributed by atoms with E-state index in [-0.39, 0.29) is 0 Å². The van der Waals surface area contributed by atoms with Crippen molar-refractivity contribution in [3.05, 3.63) is 50.7 Å². The van der Waals surface area contributed by atoms with Crippen LogP contribution in [0.25, 0.3) is 16.5 Å². The number of hydrogen-bond donors (Lipinski definition) is 0. The molecule has 0 saturated heterocycles. The summed E-state index contributed by atoms with van der Waals surface area (Å²) in [5.74, 6) is 0. The fourth-order valence-corrected chi connectivity index (χ4v) is 3.96. The van der Waals surface area contributed by atoms with E-state index in [0.29, 0.717) is 0 Å². The summed E-state index contributed by atoms with van der Waals surface area (Å²) in [5.41, 5.74) is 2.37. The molecule has 0 spiro atoms. The van der Waals surface area contributed by atoms with E-state index < -0.39 is 0 Å². The number of thiophene rings is 1. The molecule has 0 aliphatic heterocycles. The van der Waals surface area contributed by atoms with Crippen LogP contribution >= 0.6 is 43.2 Å². The molecule has 0 nitrogen and oxygen atoms in total. The van der Waals surface area contributed by atoms with Crippen molar-refractivity contribution in [1.29, 1.82) is 0 Å². The van der Waals surface area contributed by atoms with E-state index in [1.165, 1.54) is 10.4 Å². The molecule has 0 aliphatic rings. The van der Waals surface area contributed by atoms with Crippen LogP contribution in [0, 0.1) is 0 Å². The lowest BCUT2D eigenvalue weighted by molar-refractivity contribution is 1.65. The van der Waals surface area contributed by atoms with Crippen molar-refractivity contribution < 1.29 is 0 Å². The van der Waals surface area contributed by atoms with Gasteiger partial charge in [0, 0.05) is 9.35 Å². The lowest BCUT2D eigenvalue weighted by Crippen LogP contribution is -1.74. The molecule has 76 valence electrons. The van der Waals surface area contributed by atoms with Crippen LogP contribution in [0.2, 0.25) is 0 Å². The van der Waals surface area contributed by atoms with Gasteiger partial charge in [-0.15, -0.1) is 11.3 Å². The second-order valence-corrected chi connectivity index (χ2v) is 6.34. The zero-order chi connectivity index (χ0) is 10.8. The summed E-state index contributed by atoms with van der Waals surface area (Å²) in [7, 11) is 0. The monoisotopic (exact) mass is 342 g/mol. The summed E-state index contributed by atoms with van der Waals surface area (Å²) >= 11 is 8.76. The maximum Gasteiger partial charge on any atom is 0.0716 e. The molecule has 0 N–H and O–H groups in total. The standard InChI is InChI=1S/C12H8Br2S/c1-2-8-3-5-9(6-4-8)12-10(13)7-11(14)15-12/h2-7H,1H2. The van der Waals surface area contributed by atoms with Gasteiger partial charge in [-0.05, 0) is 49.1 Å². The normalized spacial score (nSPS) is 10.3. The van der Waals surface area contributed by atoms with Gasteiger partial charge < -0.3 is 0 Å². The molecule has 2 aromatic rings. The SMILES string of the molecule is C=Cc1ccc(-c2sc(Br)cc2Br)cc1. The zero-order valence-corrected chi connectivity index (χ0v) is 11.8. The molecule has 0 saturated carbocycles. The summed E-state index contributed by atoms with van der Waals surface area (Å²) in [6.45, 7) is 3.74. The van der Waals surface area contributed by atoms with Gasteiger partial charge in [0.2, 0.25) is 0 Å². The third-order valence-electron chi connectivity index (χ3n) is 2.07. The molecule has 2 rings (SSSR count). The van der Waals surface area contributed by atoms with E-state index in [1.807, 2.05) is 6.08 Å². The van der Waals surface area contributed by atoms with Crippen LogP contribution in [0.1, 0.15) is 5.56 Å². The van der Waals surface area contributed by atoms with Crippen LogP contribution in [0.3, 0.4) is 0 Å². The third-order valence-corrected chi connectivity index (χ3v) is 4.64. The van der Waals surface area contributed by atoms with Crippen molar-refractivity contribution in [2.24, 2.45) is 0 Å². The molecular formula is C12H8Br2S. The van der Waals surface area contributed by atoms with Crippen molar-refractivity contribution in [1.82, 2.24) is 0 Å². The molecule has 1 heterocycles. The van der Waals surface area contributed by atoms with Gasteiger partial charge >= 0.3 is 0 Å².